The van der Waals surface area contributed by atoms with Crippen LogP contribution in [0.2, 0.25) is 0 Å². The number of hydrazone groups is 1. The molecule has 1 aliphatic heterocycles. The Morgan fingerprint density at radius 3 is 2.45 bits per heavy atom. The Hall–Kier alpha value is -3.68. The molecule has 2 aromatic rings. The summed E-state index contributed by atoms with van der Waals surface area (Å²) in [5.41, 5.74) is 7.47. The fraction of sp³-hybridized carbons (Fsp3) is 0.238. The zero-order chi connectivity index (χ0) is 20.6. The van der Waals surface area contributed by atoms with Crippen LogP contribution in [0.5, 0.6) is 5.75 Å². The Morgan fingerprint density at radius 1 is 1.03 bits per heavy atom. The first-order valence-electron chi connectivity index (χ1n) is 9.25. The second-order valence-corrected chi connectivity index (χ2v) is 6.51. The number of benzene rings is 2. The largest absolute Gasteiger partial charge is 0.484 e. The Bertz CT molecular complexity index is 910. The molecule has 29 heavy (non-hydrogen) atoms. The van der Waals surface area contributed by atoms with E-state index in [0.29, 0.717) is 24.4 Å². The first-order valence-corrected chi connectivity index (χ1v) is 9.25. The van der Waals surface area contributed by atoms with E-state index in [1.807, 2.05) is 30.3 Å². The van der Waals surface area contributed by atoms with Gasteiger partial charge in [0.05, 0.1) is 12.3 Å². The number of rotatable bonds is 8. The Morgan fingerprint density at radius 2 is 1.76 bits per heavy atom. The monoisotopic (exact) mass is 394 g/mol. The number of anilines is 1. The summed E-state index contributed by atoms with van der Waals surface area (Å²) in [5.74, 6) is -0.541. The second-order valence-electron chi connectivity index (χ2n) is 6.51. The summed E-state index contributed by atoms with van der Waals surface area (Å²) < 4.78 is 5.15. The van der Waals surface area contributed by atoms with Gasteiger partial charge in [0.15, 0.2) is 6.61 Å². The first kappa shape index (κ1) is 20.1. The van der Waals surface area contributed by atoms with Crippen LogP contribution in [0.25, 0.3) is 0 Å². The minimum absolute atomic E-state index is 0.0610. The third-order valence-electron chi connectivity index (χ3n) is 4.28. The van der Waals surface area contributed by atoms with Gasteiger partial charge >= 0.3 is 0 Å². The molecule has 1 aliphatic rings. The lowest BCUT2D eigenvalue weighted by Gasteiger charge is -2.11. The summed E-state index contributed by atoms with van der Waals surface area (Å²) in [5, 5.41) is 8.53. The third-order valence-corrected chi connectivity index (χ3v) is 4.28. The van der Waals surface area contributed by atoms with E-state index in [0.717, 1.165) is 11.3 Å². The molecule has 2 aromatic carbocycles. The maximum atomic E-state index is 12.3. The van der Waals surface area contributed by atoms with Crippen LogP contribution in [0, 0.1) is 0 Å². The summed E-state index contributed by atoms with van der Waals surface area (Å²) >= 11 is 0. The minimum atomic E-state index is -0.565. The molecule has 3 rings (SSSR count). The molecule has 0 fully saturated rings. The highest BCUT2D eigenvalue weighted by Gasteiger charge is 2.21. The number of carbonyl (C=O) groups is 3. The Labute approximate surface area is 168 Å². The van der Waals surface area contributed by atoms with Crippen molar-refractivity contribution in [2.45, 2.75) is 19.3 Å². The van der Waals surface area contributed by atoms with Gasteiger partial charge in [-0.05, 0) is 29.8 Å². The zero-order valence-electron chi connectivity index (χ0n) is 15.8. The van der Waals surface area contributed by atoms with Crippen molar-refractivity contribution in [2.75, 3.05) is 18.5 Å². The average Bonchev–Trinajstić information content (AvgIpc) is 3.22. The number of ether oxygens (including phenoxy) is 1. The molecular formula is C21H22N4O4. The van der Waals surface area contributed by atoms with Gasteiger partial charge in [-0.3, -0.25) is 14.4 Å². The molecule has 3 amide bonds. The standard InChI is InChI=1S/C21H22N4O4/c22-19(26)14-29-17-8-6-16(7-9-17)23-20(27)10-11-21(28)25-13-12-18(24-25)15-4-2-1-3-5-15/h1-9H,10-14H2,(H2,22,26)(H,23,27). The van der Waals surface area contributed by atoms with Crippen LogP contribution in [-0.2, 0) is 14.4 Å². The maximum Gasteiger partial charge on any atom is 0.255 e. The summed E-state index contributed by atoms with van der Waals surface area (Å²) in [6.45, 7) is 0.316. The summed E-state index contributed by atoms with van der Waals surface area (Å²) in [7, 11) is 0. The summed E-state index contributed by atoms with van der Waals surface area (Å²) in [6.07, 6.45) is 0.842. The molecule has 8 heteroatoms. The smallest absolute Gasteiger partial charge is 0.255 e. The molecular weight excluding hydrogens is 372 g/mol. The predicted octanol–water partition coefficient (Wildman–Crippen LogP) is 1.91. The molecule has 0 unspecified atom stereocenters. The molecule has 1 heterocycles. The van der Waals surface area contributed by atoms with Gasteiger partial charge < -0.3 is 15.8 Å². The van der Waals surface area contributed by atoms with Gasteiger partial charge in [-0.15, -0.1) is 0 Å². The number of primary amides is 1. The zero-order valence-corrected chi connectivity index (χ0v) is 15.8. The fourth-order valence-corrected chi connectivity index (χ4v) is 2.83. The van der Waals surface area contributed by atoms with E-state index in [1.165, 1.54) is 5.01 Å². The lowest BCUT2D eigenvalue weighted by Crippen LogP contribution is -2.25. The van der Waals surface area contributed by atoms with Crippen molar-refractivity contribution in [3.63, 3.8) is 0 Å². The van der Waals surface area contributed by atoms with E-state index < -0.39 is 5.91 Å². The molecule has 150 valence electrons. The molecule has 3 N–H and O–H groups in total. The van der Waals surface area contributed by atoms with Gasteiger partial charge in [-0.25, -0.2) is 5.01 Å². The van der Waals surface area contributed by atoms with E-state index in [-0.39, 0.29) is 31.3 Å². The van der Waals surface area contributed by atoms with E-state index in [1.54, 1.807) is 24.3 Å². The molecule has 8 nitrogen and oxygen atoms in total. The molecule has 0 radical (unpaired) electrons. The van der Waals surface area contributed by atoms with Crippen molar-refractivity contribution in [2.24, 2.45) is 10.8 Å². The molecule has 0 spiro atoms. The maximum absolute atomic E-state index is 12.3. The van der Waals surface area contributed by atoms with Gasteiger partial charge in [-0.2, -0.15) is 5.10 Å². The molecule has 0 saturated heterocycles. The van der Waals surface area contributed by atoms with Crippen LogP contribution in [-0.4, -0.2) is 41.6 Å². The lowest BCUT2D eigenvalue weighted by atomic mass is 10.1. The quantitative estimate of drug-likeness (QED) is 0.712. The van der Waals surface area contributed by atoms with Crippen molar-refractivity contribution < 1.29 is 19.1 Å². The van der Waals surface area contributed by atoms with Gasteiger partial charge in [0.25, 0.3) is 5.91 Å². The van der Waals surface area contributed by atoms with E-state index in [2.05, 4.69) is 10.4 Å². The van der Waals surface area contributed by atoms with Crippen LogP contribution >= 0.6 is 0 Å². The number of carbonyl (C=O) groups excluding carboxylic acids is 3. The molecule has 0 atom stereocenters. The van der Waals surface area contributed by atoms with Crippen molar-refractivity contribution in [1.29, 1.82) is 0 Å². The SMILES string of the molecule is NC(=O)COc1ccc(NC(=O)CCC(=O)N2CCC(c3ccccc3)=N2)cc1. The minimum Gasteiger partial charge on any atom is -0.484 e. The van der Waals surface area contributed by atoms with Crippen LogP contribution < -0.4 is 15.8 Å². The van der Waals surface area contributed by atoms with E-state index in [9.17, 15) is 14.4 Å². The topological polar surface area (TPSA) is 114 Å². The van der Waals surface area contributed by atoms with Gasteiger partial charge in [0.1, 0.15) is 5.75 Å². The van der Waals surface area contributed by atoms with Crippen LogP contribution in [0.3, 0.4) is 0 Å². The number of hydrogen-bond donors (Lipinski definition) is 2. The van der Waals surface area contributed by atoms with Crippen LogP contribution in [0.1, 0.15) is 24.8 Å². The van der Waals surface area contributed by atoms with Crippen molar-refractivity contribution in [1.82, 2.24) is 5.01 Å². The van der Waals surface area contributed by atoms with Crippen molar-refractivity contribution in [3.05, 3.63) is 60.2 Å². The van der Waals surface area contributed by atoms with Gasteiger partial charge in [0.2, 0.25) is 11.8 Å². The summed E-state index contributed by atoms with van der Waals surface area (Å²) in [4.78, 5) is 35.1. The van der Waals surface area contributed by atoms with Gasteiger partial charge in [0, 0.05) is 24.9 Å². The van der Waals surface area contributed by atoms with E-state index in [4.69, 9.17) is 10.5 Å². The van der Waals surface area contributed by atoms with Crippen molar-refractivity contribution in [3.8, 4) is 5.75 Å². The Kier molecular flexibility index (Phi) is 6.57. The third kappa shape index (κ3) is 5.90. The van der Waals surface area contributed by atoms with Crippen LogP contribution in [0.4, 0.5) is 5.69 Å². The highest BCUT2D eigenvalue weighted by Crippen LogP contribution is 2.17. The normalized spacial score (nSPS) is 13.0. The number of nitrogens with two attached hydrogens (primary N) is 1. The molecule has 0 aliphatic carbocycles. The van der Waals surface area contributed by atoms with Crippen molar-refractivity contribution >= 4 is 29.1 Å². The average molecular weight is 394 g/mol. The number of nitrogens with one attached hydrogen (secondary N) is 1. The molecule has 0 bridgehead atoms. The molecule has 0 aromatic heterocycles. The predicted molar refractivity (Wildman–Crippen MR) is 108 cm³/mol. The van der Waals surface area contributed by atoms with E-state index >= 15 is 0 Å². The highest BCUT2D eigenvalue weighted by molar-refractivity contribution is 6.02. The number of hydrogen-bond acceptors (Lipinski definition) is 5. The second kappa shape index (κ2) is 9.50. The lowest BCUT2D eigenvalue weighted by molar-refractivity contribution is -0.132. The number of amides is 3. The Balaban J connectivity index is 1.45. The highest BCUT2D eigenvalue weighted by atomic mass is 16.5. The molecule has 0 saturated carbocycles. The first-order chi connectivity index (χ1) is 14.0. The fourth-order valence-electron chi connectivity index (χ4n) is 2.83. The van der Waals surface area contributed by atoms with Gasteiger partial charge in [-0.1, -0.05) is 30.3 Å². The summed E-state index contributed by atoms with van der Waals surface area (Å²) in [6, 6.07) is 16.3. The number of nitrogens with zero attached hydrogens (tertiary/aromatic N) is 2. The van der Waals surface area contributed by atoms with Crippen LogP contribution in [0.15, 0.2) is 59.7 Å².